The van der Waals surface area contributed by atoms with Gasteiger partial charge < -0.3 is 73.3 Å². The van der Waals surface area contributed by atoms with Gasteiger partial charge in [-0.25, -0.2) is 15.0 Å². The number of phenolic OH excluding ortho intramolecular Hbond substituents is 3. The molecule has 1 aromatic heterocycles. The van der Waals surface area contributed by atoms with Crippen molar-refractivity contribution in [2.45, 2.75) is 45.7 Å². The summed E-state index contributed by atoms with van der Waals surface area (Å²) in [4.78, 5) is 14.0. The van der Waals surface area contributed by atoms with E-state index in [4.69, 9.17) is 42.6 Å². The number of aliphatic hydroxyl groups is 3. The fourth-order valence-corrected chi connectivity index (χ4v) is 5.78. The molecular formula is C42H57N3O15. The second-order valence-corrected chi connectivity index (χ2v) is 13.6. The van der Waals surface area contributed by atoms with E-state index in [0.29, 0.717) is 40.4 Å². The van der Waals surface area contributed by atoms with Gasteiger partial charge in [0.1, 0.15) is 59.9 Å². The molecule has 18 heteroatoms. The smallest absolute Gasteiger partial charge is 0.178 e. The number of nitrogens with zero attached hydrogens (tertiary/aromatic N) is 3. The maximum atomic E-state index is 11.5. The summed E-state index contributed by atoms with van der Waals surface area (Å²) in [5.41, 5.74) is 1.88. The summed E-state index contributed by atoms with van der Waals surface area (Å²) in [6.45, 7) is 6.63. The quantitative estimate of drug-likeness (QED) is 0.0372. The Morgan fingerprint density at radius 3 is 1.20 bits per heavy atom. The van der Waals surface area contributed by atoms with Crippen LogP contribution in [0.15, 0.2) is 36.4 Å². The van der Waals surface area contributed by atoms with E-state index in [1.807, 2.05) is 0 Å². The molecule has 0 fully saturated rings. The van der Waals surface area contributed by atoms with Crippen molar-refractivity contribution in [2.75, 3.05) is 94.0 Å². The maximum absolute atomic E-state index is 11.5. The minimum atomic E-state index is -1.04. The van der Waals surface area contributed by atoms with E-state index in [1.54, 1.807) is 57.2 Å². The zero-order valence-electron chi connectivity index (χ0n) is 34.9. The molecule has 0 amide bonds. The Morgan fingerprint density at radius 1 is 0.467 bits per heavy atom. The molecule has 0 bridgehead atoms. The van der Waals surface area contributed by atoms with Crippen LogP contribution in [0.1, 0.15) is 23.1 Å². The van der Waals surface area contributed by atoms with Gasteiger partial charge in [0.15, 0.2) is 23.8 Å². The molecular weight excluding hydrogens is 786 g/mol. The molecule has 4 aromatic rings. The van der Waals surface area contributed by atoms with Crippen molar-refractivity contribution in [3.05, 3.63) is 53.1 Å². The highest BCUT2D eigenvalue weighted by Gasteiger charge is 2.23. The van der Waals surface area contributed by atoms with Crippen LogP contribution in [0.2, 0.25) is 0 Å². The topological polar surface area (TPSA) is 243 Å². The number of methoxy groups -OCH3 is 3. The Labute approximate surface area is 349 Å². The predicted octanol–water partition coefficient (Wildman–Crippen LogP) is 3.47. The Balaban J connectivity index is 1.64. The highest BCUT2D eigenvalue weighted by Crippen LogP contribution is 2.41. The molecule has 3 unspecified atom stereocenters. The molecule has 0 saturated heterocycles. The molecule has 0 saturated carbocycles. The van der Waals surface area contributed by atoms with E-state index in [2.05, 4.69) is 15.0 Å². The molecule has 0 aliphatic carbocycles. The molecule has 330 valence electrons. The lowest BCUT2D eigenvalue weighted by molar-refractivity contribution is -0.132. The summed E-state index contributed by atoms with van der Waals surface area (Å²) in [6.07, 6.45) is -2.11. The van der Waals surface area contributed by atoms with Crippen LogP contribution >= 0.6 is 0 Å². The van der Waals surface area contributed by atoms with Crippen LogP contribution in [0.5, 0.6) is 34.5 Å². The fourth-order valence-electron chi connectivity index (χ4n) is 5.78. The third-order valence-corrected chi connectivity index (χ3v) is 8.98. The standard InChI is InChI=1S/C42H57N3O15/c1-25-33(57-14-7-15-60-36(48)24-54-6)11-8-30(37(25)49)40-43-41(31-9-12-34(26(2)38(31)50)58-18-16-55-22-28(46)20-52-4)45-42(44-40)32-10-13-35(27(3)39(32)51)59-19-17-56-23-29(47)21-53-5/h8-13,28-29,36,46-51H,7,14-24H2,1-6H3. The normalized spacial score (nSPS) is 12.9. The number of aromatic nitrogens is 3. The van der Waals surface area contributed by atoms with Gasteiger partial charge in [0.2, 0.25) is 0 Å². The molecule has 6 N–H and O–H groups in total. The van der Waals surface area contributed by atoms with Crippen molar-refractivity contribution in [2.24, 2.45) is 0 Å². The Hall–Kier alpha value is -4.89. The first-order valence-electron chi connectivity index (χ1n) is 19.3. The van der Waals surface area contributed by atoms with Crippen LogP contribution in [0, 0.1) is 20.8 Å². The molecule has 1 heterocycles. The third kappa shape index (κ3) is 13.6. The summed E-state index contributed by atoms with van der Waals surface area (Å²) in [7, 11) is 4.44. The zero-order chi connectivity index (χ0) is 43.6. The maximum Gasteiger partial charge on any atom is 0.178 e. The molecule has 3 aromatic carbocycles. The van der Waals surface area contributed by atoms with E-state index in [9.17, 15) is 30.6 Å². The van der Waals surface area contributed by atoms with Crippen LogP contribution in [-0.4, -0.2) is 158 Å². The Bertz CT molecular complexity index is 1720. The van der Waals surface area contributed by atoms with Gasteiger partial charge in [0, 0.05) is 44.4 Å². The number of benzene rings is 3. The summed E-state index contributed by atoms with van der Waals surface area (Å²) in [6, 6.07) is 9.74. The van der Waals surface area contributed by atoms with Gasteiger partial charge in [0.25, 0.3) is 0 Å². The minimum absolute atomic E-state index is 0.0378. The van der Waals surface area contributed by atoms with Crippen molar-refractivity contribution < 1.29 is 73.3 Å². The van der Waals surface area contributed by atoms with Gasteiger partial charge in [-0.1, -0.05) is 0 Å². The second kappa shape index (κ2) is 24.4. The Morgan fingerprint density at radius 2 is 0.833 bits per heavy atom. The fraction of sp³-hybridized carbons (Fsp3) is 0.500. The van der Waals surface area contributed by atoms with Crippen molar-refractivity contribution in [3.63, 3.8) is 0 Å². The van der Waals surface area contributed by atoms with Gasteiger partial charge in [-0.15, -0.1) is 0 Å². The van der Waals surface area contributed by atoms with E-state index < -0.39 is 18.5 Å². The number of phenols is 3. The summed E-state index contributed by atoms with van der Waals surface area (Å²) in [5, 5.41) is 63.7. The largest absolute Gasteiger partial charge is 0.507 e. The summed E-state index contributed by atoms with van der Waals surface area (Å²) in [5.74, 6) is 0.785. The third-order valence-electron chi connectivity index (χ3n) is 8.98. The van der Waals surface area contributed by atoms with Crippen LogP contribution < -0.4 is 14.2 Å². The Kier molecular flexibility index (Phi) is 19.4. The van der Waals surface area contributed by atoms with E-state index in [-0.39, 0.29) is 124 Å². The highest BCUT2D eigenvalue weighted by molar-refractivity contribution is 5.77. The minimum Gasteiger partial charge on any atom is -0.507 e. The van der Waals surface area contributed by atoms with Gasteiger partial charge in [-0.3, -0.25) is 0 Å². The van der Waals surface area contributed by atoms with E-state index in [1.165, 1.54) is 21.3 Å². The van der Waals surface area contributed by atoms with Crippen molar-refractivity contribution in [1.82, 2.24) is 15.0 Å². The second-order valence-electron chi connectivity index (χ2n) is 13.6. The van der Waals surface area contributed by atoms with Crippen LogP contribution in [0.25, 0.3) is 34.2 Å². The molecule has 0 aliphatic rings. The van der Waals surface area contributed by atoms with Gasteiger partial charge in [-0.05, 0) is 57.2 Å². The average molecular weight is 844 g/mol. The van der Waals surface area contributed by atoms with Crippen molar-refractivity contribution in [3.8, 4) is 68.7 Å². The van der Waals surface area contributed by atoms with Gasteiger partial charge >= 0.3 is 0 Å². The van der Waals surface area contributed by atoms with Gasteiger partial charge in [-0.2, -0.15) is 0 Å². The summed E-state index contributed by atoms with van der Waals surface area (Å²) < 4.78 is 48.4. The molecule has 18 nitrogen and oxygen atoms in total. The van der Waals surface area contributed by atoms with Gasteiger partial charge in [0.05, 0.1) is 76.2 Å². The SMILES string of the molecule is COCC(O)COCCOc1ccc(-c2nc(-c3ccc(OCCCOC(O)COC)c(C)c3O)nc(-c3ccc(OCCOCC(O)COC)c(C)c3O)n2)c(O)c1C. The number of hydrogen-bond acceptors (Lipinski definition) is 18. The first kappa shape index (κ1) is 47.8. The number of rotatable bonds is 27. The predicted molar refractivity (Wildman–Crippen MR) is 218 cm³/mol. The van der Waals surface area contributed by atoms with Crippen LogP contribution in [0.4, 0.5) is 0 Å². The highest BCUT2D eigenvalue weighted by atomic mass is 16.6. The molecule has 3 atom stereocenters. The molecule has 4 rings (SSSR count). The van der Waals surface area contributed by atoms with Crippen molar-refractivity contribution in [1.29, 1.82) is 0 Å². The first-order valence-corrected chi connectivity index (χ1v) is 19.3. The first-order chi connectivity index (χ1) is 28.9. The molecule has 0 radical (unpaired) electrons. The monoisotopic (exact) mass is 843 g/mol. The number of aromatic hydroxyl groups is 3. The number of aliphatic hydroxyl groups excluding tert-OH is 3. The van der Waals surface area contributed by atoms with Crippen molar-refractivity contribution >= 4 is 0 Å². The number of hydrogen-bond donors (Lipinski definition) is 6. The zero-order valence-corrected chi connectivity index (χ0v) is 34.9. The number of ether oxygens (including phenoxy) is 9. The van der Waals surface area contributed by atoms with E-state index >= 15 is 0 Å². The van der Waals surface area contributed by atoms with E-state index in [0.717, 1.165) is 0 Å². The molecule has 0 spiro atoms. The lowest BCUT2D eigenvalue weighted by Crippen LogP contribution is -2.22. The van der Waals surface area contributed by atoms with Crippen LogP contribution in [0.3, 0.4) is 0 Å². The average Bonchev–Trinajstić information content (AvgIpc) is 3.22. The summed E-state index contributed by atoms with van der Waals surface area (Å²) >= 11 is 0. The lowest BCUT2D eigenvalue weighted by Gasteiger charge is -2.17. The molecule has 0 aliphatic heterocycles. The lowest BCUT2D eigenvalue weighted by atomic mass is 10.1. The molecule has 60 heavy (non-hydrogen) atoms. The van der Waals surface area contributed by atoms with Crippen LogP contribution in [-0.2, 0) is 28.4 Å².